The van der Waals surface area contributed by atoms with Gasteiger partial charge in [0.2, 0.25) is 0 Å². The van der Waals surface area contributed by atoms with Crippen LogP contribution < -0.4 is 0 Å². The first-order valence-electron chi connectivity index (χ1n) is 5.43. The Morgan fingerprint density at radius 2 is 1.85 bits per heavy atom. The van der Waals surface area contributed by atoms with E-state index in [1.807, 2.05) is 6.92 Å². The molecule has 2 rings (SSSR count). The third-order valence-corrected chi connectivity index (χ3v) is 4.36. The summed E-state index contributed by atoms with van der Waals surface area (Å²) in [6.45, 7) is 4.22. The molecule has 2 unspecified atom stereocenters. The summed E-state index contributed by atoms with van der Waals surface area (Å²) < 4.78 is 0. The predicted octanol–water partition coefficient (Wildman–Crippen LogP) is 1.77. The minimum Gasteiger partial charge on any atom is -0.388 e. The smallest absolute Gasteiger partial charge is 0.0799 e. The maximum atomic E-state index is 10.3. The zero-order valence-corrected chi connectivity index (χ0v) is 9.01. The van der Waals surface area contributed by atoms with Gasteiger partial charge in [-0.1, -0.05) is 0 Å². The van der Waals surface area contributed by atoms with Crippen molar-refractivity contribution in [1.82, 2.24) is 4.90 Å². The number of likely N-dealkylation sites (N-methyl/N-ethyl adjacent to an activating group) is 1. The van der Waals surface area contributed by atoms with Crippen molar-refractivity contribution < 1.29 is 5.11 Å². The van der Waals surface area contributed by atoms with Gasteiger partial charge in [-0.05, 0) is 53.0 Å². The minimum atomic E-state index is -0.482. The standard InChI is InChI=1S/C11H21NO/c1-10(12(3)9-5-6-9)7-4-8-11(10,2)13/h9,13H,4-8H2,1-3H3. The summed E-state index contributed by atoms with van der Waals surface area (Å²) in [5, 5.41) is 10.3. The van der Waals surface area contributed by atoms with Crippen LogP contribution in [-0.2, 0) is 0 Å². The fraction of sp³-hybridized carbons (Fsp3) is 1.00. The summed E-state index contributed by atoms with van der Waals surface area (Å²) in [6.07, 6.45) is 5.92. The van der Waals surface area contributed by atoms with Crippen molar-refractivity contribution in [2.24, 2.45) is 0 Å². The largest absolute Gasteiger partial charge is 0.388 e. The van der Waals surface area contributed by atoms with Gasteiger partial charge < -0.3 is 5.11 Å². The molecule has 2 aliphatic carbocycles. The van der Waals surface area contributed by atoms with Gasteiger partial charge in [0.1, 0.15) is 0 Å². The van der Waals surface area contributed by atoms with E-state index in [2.05, 4.69) is 18.9 Å². The van der Waals surface area contributed by atoms with Gasteiger partial charge in [0.05, 0.1) is 5.60 Å². The van der Waals surface area contributed by atoms with Gasteiger partial charge in [-0.2, -0.15) is 0 Å². The number of hydrogen-bond donors (Lipinski definition) is 1. The Kier molecular flexibility index (Phi) is 1.97. The molecule has 0 aromatic rings. The predicted molar refractivity (Wildman–Crippen MR) is 53.7 cm³/mol. The van der Waals surface area contributed by atoms with Crippen molar-refractivity contribution in [2.75, 3.05) is 7.05 Å². The van der Waals surface area contributed by atoms with Crippen molar-refractivity contribution in [3.8, 4) is 0 Å². The van der Waals surface area contributed by atoms with Crippen molar-refractivity contribution in [3.63, 3.8) is 0 Å². The fourth-order valence-electron chi connectivity index (χ4n) is 2.74. The van der Waals surface area contributed by atoms with E-state index in [9.17, 15) is 5.11 Å². The van der Waals surface area contributed by atoms with E-state index >= 15 is 0 Å². The quantitative estimate of drug-likeness (QED) is 0.705. The molecule has 0 aromatic carbocycles. The third-order valence-electron chi connectivity index (χ3n) is 4.36. The first kappa shape index (κ1) is 9.47. The normalized spacial score (nSPS) is 45.9. The lowest BCUT2D eigenvalue weighted by molar-refractivity contribution is -0.0660. The van der Waals surface area contributed by atoms with Crippen LogP contribution in [0.2, 0.25) is 0 Å². The fourth-order valence-corrected chi connectivity index (χ4v) is 2.74. The van der Waals surface area contributed by atoms with Crippen LogP contribution in [0.25, 0.3) is 0 Å². The number of hydrogen-bond acceptors (Lipinski definition) is 2. The van der Waals surface area contributed by atoms with E-state index in [1.165, 1.54) is 19.3 Å². The first-order chi connectivity index (χ1) is 5.97. The Hall–Kier alpha value is -0.0800. The van der Waals surface area contributed by atoms with Crippen molar-refractivity contribution in [1.29, 1.82) is 0 Å². The lowest BCUT2D eigenvalue weighted by Crippen LogP contribution is -2.57. The maximum absolute atomic E-state index is 10.3. The Balaban J connectivity index is 2.17. The molecule has 2 nitrogen and oxygen atoms in total. The summed E-state index contributed by atoms with van der Waals surface area (Å²) in [6, 6.07) is 0.745. The van der Waals surface area contributed by atoms with Crippen LogP contribution in [0.3, 0.4) is 0 Å². The monoisotopic (exact) mass is 183 g/mol. The minimum absolute atomic E-state index is 0.0220. The molecule has 2 aliphatic rings. The highest BCUT2D eigenvalue weighted by atomic mass is 16.3. The topological polar surface area (TPSA) is 23.5 Å². The van der Waals surface area contributed by atoms with Gasteiger partial charge in [0.25, 0.3) is 0 Å². The summed E-state index contributed by atoms with van der Waals surface area (Å²) in [4.78, 5) is 2.42. The molecule has 2 atom stereocenters. The average molecular weight is 183 g/mol. The lowest BCUT2D eigenvalue weighted by atomic mass is 9.84. The van der Waals surface area contributed by atoms with Gasteiger partial charge in [-0.25, -0.2) is 0 Å². The summed E-state index contributed by atoms with van der Waals surface area (Å²) in [5.41, 5.74) is -0.460. The highest BCUT2D eigenvalue weighted by Crippen LogP contribution is 2.46. The maximum Gasteiger partial charge on any atom is 0.0799 e. The highest BCUT2D eigenvalue weighted by Gasteiger charge is 2.52. The zero-order chi connectivity index (χ0) is 9.69. The molecule has 0 saturated heterocycles. The van der Waals surface area contributed by atoms with Gasteiger partial charge in [0.15, 0.2) is 0 Å². The van der Waals surface area contributed by atoms with Crippen molar-refractivity contribution in [3.05, 3.63) is 0 Å². The van der Waals surface area contributed by atoms with E-state index in [4.69, 9.17) is 0 Å². The van der Waals surface area contributed by atoms with Gasteiger partial charge >= 0.3 is 0 Å². The molecule has 1 N–H and O–H groups in total. The molecule has 13 heavy (non-hydrogen) atoms. The van der Waals surface area contributed by atoms with E-state index in [1.54, 1.807) is 0 Å². The Morgan fingerprint density at radius 3 is 2.23 bits per heavy atom. The molecule has 0 heterocycles. The Bertz CT molecular complexity index is 210. The van der Waals surface area contributed by atoms with Crippen molar-refractivity contribution in [2.45, 2.75) is 63.1 Å². The number of nitrogens with zero attached hydrogens (tertiary/aromatic N) is 1. The van der Waals surface area contributed by atoms with E-state index in [0.29, 0.717) is 0 Å². The molecule has 0 bridgehead atoms. The van der Waals surface area contributed by atoms with E-state index < -0.39 is 5.60 Å². The van der Waals surface area contributed by atoms with Crippen LogP contribution in [0, 0.1) is 0 Å². The van der Waals surface area contributed by atoms with Crippen LogP contribution in [0.15, 0.2) is 0 Å². The molecule has 0 aromatic heterocycles. The second-order valence-corrected chi connectivity index (χ2v) is 5.24. The molecule has 2 fully saturated rings. The molecular weight excluding hydrogens is 162 g/mol. The molecule has 2 heteroatoms. The molecular formula is C11H21NO. The van der Waals surface area contributed by atoms with Crippen LogP contribution in [0.4, 0.5) is 0 Å². The Morgan fingerprint density at radius 1 is 1.23 bits per heavy atom. The molecule has 76 valence electrons. The second-order valence-electron chi connectivity index (χ2n) is 5.24. The average Bonchev–Trinajstić information content (AvgIpc) is 2.81. The van der Waals surface area contributed by atoms with Crippen LogP contribution in [0.1, 0.15) is 46.0 Å². The summed E-state index contributed by atoms with van der Waals surface area (Å²) in [5.74, 6) is 0. The molecule has 0 spiro atoms. The van der Waals surface area contributed by atoms with Gasteiger partial charge in [-0.15, -0.1) is 0 Å². The summed E-state index contributed by atoms with van der Waals surface area (Å²) >= 11 is 0. The third kappa shape index (κ3) is 1.31. The number of rotatable bonds is 2. The lowest BCUT2D eigenvalue weighted by Gasteiger charge is -2.44. The van der Waals surface area contributed by atoms with Gasteiger partial charge in [-0.3, -0.25) is 4.90 Å². The van der Waals surface area contributed by atoms with E-state index in [-0.39, 0.29) is 5.54 Å². The first-order valence-corrected chi connectivity index (χ1v) is 5.43. The van der Waals surface area contributed by atoms with E-state index in [0.717, 1.165) is 18.9 Å². The summed E-state index contributed by atoms with van der Waals surface area (Å²) in [7, 11) is 2.18. The van der Waals surface area contributed by atoms with Crippen LogP contribution in [0.5, 0.6) is 0 Å². The van der Waals surface area contributed by atoms with Crippen LogP contribution >= 0.6 is 0 Å². The molecule has 0 amide bonds. The molecule has 0 aliphatic heterocycles. The van der Waals surface area contributed by atoms with Gasteiger partial charge in [0, 0.05) is 11.6 Å². The SMILES string of the molecule is CN(C1CC1)C1(C)CCCC1(C)O. The molecule has 2 saturated carbocycles. The zero-order valence-electron chi connectivity index (χ0n) is 9.01. The second kappa shape index (κ2) is 2.71. The van der Waals surface area contributed by atoms with Crippen LogP contribution in [-0.4, -0.2) is 34.2 Å². The van der Waals surface area contributed by atoms with Crippen molar-refractivity contribution >= 4 is 0 Å². The Labute approximate surface area is 80.9 Å². The molecule has 0 radical (unpaired) electrons. The number of aliphatic hydroxyl groups is 1. The highest BCUT2D eigenvalue weighted by molar-refractivity contribution is 5.08.